The fraction of sp³-hybridized carbons (Fsp3) is 0.400. The van der Waals surface area contributed by atoms with Crippen molar-refractivity contribution in [2.75, 3.05) is 6.54 Å². The lowest BCUT2D eigenvalue weighted by Gasteiger charge is -2.15. The molecule has 1 heterocycles. The SMILES string of the molecule is Cc1cccc(-c2cnc(C(CN)C(C)C)[nH]2)c1. The van der Waals surface area contributed by atoms with Gasteiger partial charge in [0.1, 0.15) is 5.82 Å². The zero-order chi connectivity index (χ0) is 13.1. The van der Waals surface area contributed by atoms with Crippen LogP contribution in [0.1, 0.15) is 31.2 Å². The first-order valence-corrected chi connectivity index (χ1v) is 6.44. The molecule has 0 saturated carbocycles. The van der Waals surface area contributed by atoms with Gasteiger partial charge in [-0.3, -0.25) is 0 Å². The van der Waals surface area contributed by atoms with Gasteiger partial charge in [-0.05, 0) is 24.5 Å². The summed E-state index contributed by atoms with van der Waals surface area (Å²) in [5.74, 6) is 1.78. The van der Waals surface area contributed by atoms with Gasteiger partial charge in [-0.2, -0.15) is 0 Å². The smallest absolute Gasteiger partial charge is 0.111 e. The van der Waals surface area contributed by atoms with Gasteiger partial charge < -0.3 is 10.7 Å². The minimum atomic E-state index is 0.295. The number of H-pyrrole nitrogens is 1. The number of rotatable bonds is 4. The van der Waals surface area contributed by atoms with Crippen LogP contribution < -0.4 is 5.73 Å². The molecule has 0 spiro atoms. The van der Waals surface area contributed by atoms with E-state index in [2.05, 4.69) is 55.0 Å². The maximum Gasteiger partial charge on any atom is 0.111 e. The van der Waals surface area contributed by atoms with Crippen molar-refractivity contribution in [3.05, 3.63) is 41.9 Å². The number of nitrogens with two attached hydrogens (primary N) is 1. The first-order valence-electron chi connectivity index (χ1n) is 6.44. The van der Waals surface area contributed by atoms with Crippen molar-refractivity contribution in [1.29, 1.82) is 0 Å². The van der Waals surface area contributed by atoms with Gasteiger partial charge >= 0.3 is 0 Å². The lowest BCUT2D eigenvalue weighted by molar-refractivity contribution is 0.487. The van der Waals surface area contributed by atoms with Gasteiger partial charge in [0.05, 0.1) is 11.9 Å². The Labute approximate surface area is 108 Å². The summed E-state index contributed by atoms with van der Waals surface area (Å²) in [6.07, 6.45) is 1.90. The van der Waals surface area contributed by atoms with E-state index >= 15 is 0 Å². The molecule has 3 N–H and O–H groups in total. The Morgan fingerprint density at radius 1 is 1.33 bits per heavy atom. The first-order chi connectivity index (χ1) is 8.61. The minimum Gasteiger partial charge on any atom is -0.342 e. The fourth-order valence-electron chi connectivity index (χ4n) is 2.18. The molecular weight excluding hydrogens is 222 g/mol. The molecule has 3 nitrogen and oxygen atoms in total. The van der Waals surface area contributed by atoms with E-state index in [1.807, 2.05) is 6.20 Å². The van der Waals surface area contributed by atoms with E-state index in [9.17, 15) is 0 Å². The molecule has 2 rings (SSSR count). The molecule has 0 aliphatic carbocycles. The number of aromatic nitrogens is 2. The van der Waals surface area contributed by atoms with Crippen LogP contribution in [0.4, 0.5) is 0 Å². The maximum absolute atomic E-state index is 5.82. The second-order valence-corrected chi connectivity index (χ2v) is 5.14. The number of aromatic amines is 1. The van der Waals surface area contributed by atoms with Crippen molar-refractivity contribution >= 4 is 0 Å². The summed E-state index contributed by atoms with van der Waals surface area (Å²) in [6.45, 7) is 7.06. The highest BCUT2D eigenvalue weighted by atomic mass is 14.9. The first kappa shape index (κ1) is 12.8. The third-order valence-electron chi connectivity index (χ3n) is 3.33. The maximum atomic E-state index is 5.82. The van der Waals surface area contributed by atoms with Gasteiger partial charge in [-0.25, -0.2) is 4.98 Å². The topological polar surface area (TPSA) is 54.7 Å². The molecule has 0 bridgehead atoms. The Morgan fingerprint density at radius 2 is 2.11 bits per heavy atom. The van der Waals surface area contributed by atoms with Gasteiger partial charge in [0.15, 0.2) is 0 Å². The van der Waals surface area contributed by atoms with Crippen LogP contribution in [0, 0.1) is 12.8 Å². The third-order valence-corrected chi connectivity index (χ3v) is 3.33. The van der Waals surface area contributed by atoms with Crippen molar-refractivity contribution in [2.45, 2.75) is 26.7 Å². The molecule has 0 aliphatic rings. The average Bonchev–Trinajstić information content (AvgIpc) is 2.79. The quantitative estimate of drug-likeness (QED) is 0.867. The predicted octanol–water partition coefficient (Wildman–Crippen LogP) is 3.08. The number of hydrogen-bond acceptors (Lipinski definition) is 2. The predicted molar refractivity (Wildman–Crippen MR) is 75.4 cm³/mol. The number of aryl methyl sites for hydroxylation is 1. The Kier molecular flexibility index (Phi) is 3.82. The number of nitrogens with one attached hydrogen (secondary N) is 1. The zero-order valence-corrected chi connectivity index (χ0v) is 11.3. The number of hydrogen-bond donors (Lipinski definition) is 2. The van der Waals surface area contributed by atoms with Gasteiger partial charge in [0, 0.05) is 12.5 Å². The van der Waals surface area contributed by atoms with Gasteiger partial charge in [0.25, 0.3) is 0 Å². The summed E-state index contributed by atoms with van der Waals surface area (Å²) >= 11 is 0. The second-order valence-electron chi connectivity index (χ2n) is 5.14. The van der Waals surface area contributed by atoms with E-state index in [1.54, 1.807) is 0 Å². The van der Waals surface area contributed by atoms with Crippen LogP contribution in [-0.2, 0) is 0 Å². The van der Waals surface area contributed by atoms with E-state index in [0.29, 0.717) is 18.4 Å². The molecule has 1 aromatic heterocycles. The standard InChI is InChI=1S/C15H21N3/c1-10(2)13(8-16)15-17-9-14(18-15)12-6-4-5-11(3)7-12/h4-7,9-10,13H,8,16H2,1-3H3,(H,17,18). The van der Waals surface area contributed by atoms with Crippen molar-refractivity contribution < 1.29 is 0 Å². The molecule has 0 aliphatic heterocycles. The molecule has 3 heteroatoms. The van der Waals surface area contributed by atoms with Crippen molar-refractivity contribution in [3.8, 4) is 11.3 Å². The molecule has 0 radical (unpaired) electrons. The Morgan fingerprint density at radius 3 is 2.72 bits per heavy atom. The summed E-state index contributed by atoms with van der Waals surface area (Å²) < 4.78 is 0. The van der Waals surface area contributed by atoms with Crippen LogP contribution in [0.2, 0.25) is 0 Å². The van der Waals surface area contributed by atoms with E-state index in [-0.39, 0.29) is 0 Å². The highest BCUT2D eigenvalue weighted by molar-refractivity contribution is 5.59. The summed E-state index contributed by atoms with van der Waals surface area (Å²) in [4.78, 5) is 7.88. The lowest BCUT2D eigenvalue weighted by Crippen LogP contribution is -2.19. The summed E-state index contributed by atoms with van der Waals surface area (Å²) in [5, 5.41) is 0. The fourth-order valence-corrected chi connectivity index (χ4v) is 2.18. The van der Waals surface area contributed by atoms with Gasteiger partial charge in [-0.1, -0.05) is 37.6 Å². The summed E-state index contributed by atoms with van der Waals surface area (Å²) in [7, 11) is 0. The Balaban J connectivity index is 2.30. The monoisotopic (exact) mass is 243 g/mol. The molecule has 96 valence electrons. The van der Waals surface area contributed by atoms with E-state index in [4.69, 9.17) is 5.73 Å². The average molecular weight is 243 g/mol. The van der Waals surface area contributed by atoms with Crippen molar-refractivity contribution in [2.24, 2.45) is 11.7 Å². The molecule has 18 heavy (non-hydrogen) atoms. The molecule has 1 aromatic carbocycles. The normalized spacial score (nSPS) is 12.9. The lowest BCUT2D eigenvalue weighted by atomic mass is 9.95. The van der Waals surface area contributed by atoms with E-state index in [1.165, 1.54) is 11.1 Å². The van der Waals surface area contributed by atoms with Crippen LogP contribution in [0.5, 0.6) is 0 Å². The van der Waals surface area contributed by atoms with Crippen molar-refractivity contribution in [3.63, 3.8) is 0 Å². The van der Waals surface area contributed by atoms with Crippen molar-refractivity contribution in [1.82, 2.24) is 9.97 Å². The largest absolute Gasteiger partial charge is 0.342 e. The molecule has 1 atom stereocenters. The molecule has 2 aromatic rings. The number of imidazole rings is 1. The highest BCUT2D eigenvalue weighted by Crippen LogP contribution is 2.24. The zero-order valence-electron chi connectivity index (χ0n) is 11.3. The molecule has 0 fully saturated rings. The highest BCUT2D eigenvalue weighted by Gasteiger charge is 2.17. The summed E-state index contributed by atoms with van der Waals surface area (Å²) in [6, 6.07) is 8.41. The molecule has 0 amide bonds. The van der Waals surface area contributed by atoms with Crippen LogP contribution in [0.3, 0.4) is 0 Å². The van der Waals surface area contributed by atoms with Crippen LogP contribution in [0.15, 0.2) is 30.5 Å². The van der Waals surface area contributed by atoms with Crippen LogP contribution in [0.25, 0.3) is 11.3 Å². The number of nitrogens with zero attached hydrogens (tertiary/aromatic N) is 1. The van der Waals surface area contributed by atoms with Crippen LogP contribution >= 0.6 is 0 Å². The Bertz CT molecular complexity index is 514. The Hall–Kier alpha value is -1.61. The van der Waals surface area contributed by atoms with Crippen LogP contribution in [-0.4, -0.2) is 16.5 Å². The van der Waals surface area contributed by atoms with Gasteiger partial charge in [0.2, 0.25) is 0 Å². The number of benzene rings is 1. The minimum absolute atomic E-state index is 0.295. The van der Waals surface area contributed by atoms with E-state index < -0.39 is 0 Å². The summed E-state index contributed by atoms with van der Waals surface area (Å²) in [5.41, 5.74) is 9.31. The molecular formula is C15H21N3. The molecule has 0 saturated heterocycles. The van der Waals surface area contributed by atoms with E-state index in [0.717, 1.165) is 11.5 Å². The van der Waals surface area contributed by atoms with Gasteiger partial charge in [-0.15, -0.1) is 0 Å². The second kappa shape index (κ2) is 5.36. The molecule has 1 unspecified atom stereocenters. The third kappa shape index (κ3) is 2.62.